The van der Waals surface area contributed by atoms with Gasteiger partial charge in [-0.1, -0.05) is 0 Å². The van der Waals surface area contributed by atoms with Crippen molar-refractivity contribution in [3.63, 3.8) is 0 Å². The van der Waals surface area contributed by atoms with Crippen molar-refractivity contribution < 1.29 is 9.47 Å². The first-order chi connectivity index (χ1) is 10.8. The Kier molecular flexibility index (Phi) is 7.98. The number of rotatable bonds is 7. The first-order valence-corrected chi connectivity index (χ1v) is 8.67. The van der Waals surface area contributed by atoms with Crippen LogP contribution in [0.15, 0.2) is 4.99 Å². The van der Waals surface area contributed by atoms with Crippen molar-refractivity contribution in [2.24, 2.45) is 10.9 Å². The van der Waals surface area contributed by atoms with Gasteiger partial charge in [-0.3, -0.25) is 9.89 Å². The van der Waals surface area contributed by atoms with Crippen molar-refractivity contribution in [1.29, 1.82) is 0 Å². The van der Waals surface area contributed by atoms with Crippen molar-refractivity contribution in [2.45, 2.75) is 19.8 Å². The lowest BCUT2D eigenvalue weighted by Crippen LogP contribution is -2.41. The Bertz CT molecular complexity index is 326. The van der Waals surface area contributed by atoms with Crippen LogP contribution < -0.4 is 5.32 Å². The first kappa shape index (κ1) is 17.5. The van der Waals surface area contributed by atoms with Crippen LogP contribution in [0.4, 0.5) is 0 Å². The zero-order valence-corrected chi connectivity index (χ0v) is 14.2. The zero-order chi connectivity index (χ0) is 15.6. The molecule has 0 aliphatic carbocycles. The van der Waals surface area contributed by atoms with Gasteiger partial charge in [0.1, 0.15) is 0 Å². The number of guanidine groups is 1. The summed E-state index contributed by atoms with van der Waals surface area (Å²) in [5.74, 6) is 1.67. The van der Waals surface area contributed by atoms with Gasteiger partial charge in [0.05, 0.1) is 19.8 Å². The molecule has 0 bridgehead atoms. The van der Waals surface area contributed by atoms with Crippen LogP contribution in [0, 0.1) is 5.92 Å². The largest absolute Gasteiger partial charge is 0.381 e. The zero-order valence-electron chi connectivity index (χ0n) is 14.2. The third kappa shape index (κ3) is 6.10. The molecule has 1 unspecified atom stereocenters. The minimum absolute atomic E-state index is 0.641. The Morgan fingerprint density at radius 2 is 2.09 bits per heavy atom. The molecule has 2 fully saturated rings. The van der Waals surface area contributed by atoms with Gasteiger partial charge in [-0.2, -0.15) is 0 Å². The third-order valence-electron chi connectivity index (χ3n) is 4.25. The summed E-state index contributed by atoms with van der Waals surface area (Å²) in [6.07, 6.45) is 2.27. The first-order valence-electron chi connectivity index (χ1n) is 8.67. The standard InChI is InChI=1S/C16H32N4O2/c1-3-17-16(19(2)13-15-5-10-22-14-15)18-6-4-7-20-8-11-21-12-9-20/h15H,3-14H2,1-2H3,(H,17,18). The van der Waals surface area contributed by atoms with Gasteiger partial charge in [-0.25, -0.2) is 0 Å². The summed E-state index contributed by atoms with van der Waals surface area (Å²) in [5, 5.41) is 3.40. The summed E-state index contributed by atoms with van der Waals surface area (Å²) >= 11 is 0. The molecule has 0 aromatic heterocycles. The maximum absolute atomic E-state index is 5.46. The van der Waals surface area contributed by atoms with E-state index in [1.807, 2.05) is 0 Å². The number of hydrogen-bond donors (Lipinski definition) is 1. The van der Waals surface area contributed by atoms with Gasteiger partial charge in [-0.05, 0) is 19.8 Å². The molecular formula is C16H32N4O2. The van der Waals surface area contributed by atoms with Crippen LogP contribution in [0.5, 0.6) is 0 Å². The lowest BCUT2D eigenvalue weighted by atomic mass is 10.1. The lowest BCUT2D eigenvalue weighted by molar-refractivity contribution is 0.0377. The van der Waals surface area contributed by atoms with E-state index in [4.69, 9.17) is 14.5 Å². The summed E-state index contributed by atoms with van der Waals surface area (Å²) in [5.41, 5.74) is 0. The molecule has 0 aromatic rings. The number of nitrogens with one attached hydrogen (secondary N) is 1. The molecule has 22 heavy (non-hydrogen) atoms. The van der Waals surface area contributed by atoms with Crippen LogP contribution >= 0.6 is 0 Å². The highest BCUT2D eigenvalue weighted by molar-refractivity contribution is 5.79. The number of aliphatic imine (C=N–C) groups is 1. The second-order valence-corrected chi connectivity index (χ2v) is 6.15. The molecule has 128 valence electrons. The summed E-state index contributed by atoms with van der Waals surface area (Å²) in [4.78, 5) is 9.48. The molecule has 2 saturated heterocycles. The lowest BCUT2D eigenvalue weighted by Gasteiger charge is -2.26. The van der Waals surface area contributed by atoms with Crippen molar-refractivity contribution >= 4 is 5.96 Å². The Hall–Kier alpha value is -0.850. The highest BCUT2D eigenvalue weighted by atomic mass is 16.5. The summed E-state index contributed by atoms with van der Waals surface area (Å²) in [6.45, 7) is 11.7. The van der Waals surface area contributed by atoms with Gasteiger partial charge < -0.3 is 19.7 Å². The fourth-order valence-corrected chi connectivity index (χ4v) is 2.97. The predicted octanol–water partition coefficient (Wildman–Crippen LogP) is 0.643. The molecule has 0 amide bonds. The molecule has 1 atom stereocenters. The minimum atomic E-state index is 0.641. The second kappa shape index (κ2) is 10.0. The van der Waals surface area contributed by atoms with Crippen molar-refractivity contribution in [2.75, 3.05) is 72.7 Å². The van der Waals surface area contributed by atoms with Gasteiger partial charge in [0, 0.05) is 58.8 Å². The Balaban J connectivity index is 1.70. The van der Waals surface area contributed by atoms with E-state index in [1.165, 1.54) is 6.42 Å². The summed E-state index contributed by atoms with van der Waals surface area (Å²) in [7, 11) is 2.13. The maximum atomic E-state index is 5.46. The average Bonchev–Trinajstić information content (AvgIpc) is 3.04. The van der Waals surface area contributed by atoms with E-state index < -0.39 is 0 Å². The van der Waals surface area contributed by atoms with Crippen molar-refractivity contribution in [1.82, 2.24) is 15.1 Å². The van der Waals surface area contributed by atoms with Crippen LogP contribution in [0.25, 0.3) is 0 Å². The summed E-state index contributed by atoms with van der Waals surface area (Å²) in [6, 6.07) is 0. The fraction of sp³-hybridized carbons (Fsp3) is 0.938. The van der Waals surface area contributed by atoms with Crippen LogP contribution in [0.1, 0.15) is 19.8 Å². The fourth-order valence-electron chi connectivity index (χ4n) is 2.97. The second-order valence-electron chi connectivity index (χ2n) is 6.15. The minimum Gasteiger partial charge on any atom is -0.381 e. The molecule has 1 N–H and O–H groups in total. The molecule has 6 heteroatoms. The highest BCUT2D eigenvalue weighted by Gasteiger charge is 2.19. The molecule has 0 spiro atoms. The average molecular weight is 312 g/mol. The number of nitrogens with zero attached hydrogens (tertiary/aromatic N) is 3. The van der Waals surface area contributed by atoms with E-state index in [-0.39, 0.29) is 0 Å². The molecular weight excluding hydrogens is 280 g/mol. The van der Waals surface area contributed by atoms with E-state index in [0.29, 0.717) is 5.92 Å². The topological polar surface area (TPSA) is 49.3 Å². The Labute approximate surface area is 134 Å². The van der Waals surface area contributed by atoms with Crippen LogP contribution in [-0.4, -0.2) is 88.5 Å². The number of ether oxygens (including phenoxy) is 2. The molecule has 0 aromatic carbocycles. The molecule has 2 aliphatic rings. The normalized spacial score (nSPS) is 23.7. The van der Waals surface area contributed by atoms with Crippen LogP contribution in [0.2, 0.25) is 0 Å². The van der Waals surface area contributed by atoms with E-state index in [0.717, 1.165) is 78.1 Å². The van der Waals surface area contributed by atoms with Crippen LogP contribution in [0.3, 0.4) is 0 Å². The molecule has 2 rings (SSSR count). The van der Waals surface area contributed by atoms with Crippen molar-refractivity contribution in [3.05, 3.63) is 0 Å². The van der Waals surface area contributed by atoms with Crippen LogP contribution in [-0.2, 0) is 9.47 Å². The Morgan fingerprint density at radius 3 is 2.77 bits per heavy atom. The van der Waals surface area contributed by atoms with E-state index >= 15 is 0 Å². The number of morpholine rings is 1. The predicted molar refractivity (Wildman–Crippen MR) is 89.4 cm³/mol. The quantitative estimate of drug-likeness (QED) is 0.425. The highest BCUT2D eigenvalue weighted by Crippen LogP contribution is 2.13. The Morgan fingerprint density at radius 1 is 1.27 bits per heavy atom. The smallest absolute Gasteiger partial charge is 0.193 e. The van der Waals surface area contributed by atoms with Crippen molar-refractivity contribution in [3.8, 4) is 0 Å². The van der Waals surface area contributed by atoms with Gasteiger partial charge >= 0.3 is 0 Å². The molecule has 0 saturated carbocycles. The van der Waals surface area contributed by atoms with Gasteiger partial charge in [0.2, 0.25) is 0 Å². The van der Waals surface area contributed by atoms with Gasteiger partial charge in [0.15, 0.2) is 5.96 Å². The molecule has 2 heterocycles. The monoisotopic (exact) mass is 312 g/mol. The molecule has 2 aliphatic heterocycles. The van der Waals surface area contributed by atoms with Gasteiger partial charge in [-0.15, -0.1) is 0 Å². The third-order valence-corrected chi connectivity index (χ3v) is 4.25. The molecule has 6 nitrogen and oxygen atoms in total. The molecule has 0 radical (unpaired) electrons. The van der Waals surface area contributed by atoms with E-state index in [1.54, 1.807) is 0 Å². The van der Waals surface area contributed by atoms with E-state index in [9.17, 15) is 0 Å². The van der Waals surface area contributed by atoms with Gasteiger partial charge in [0.25, 0.3) is 0 Å². The SMILES string of the molecule is CCNC(=NCCCN1CCOCC1)N(C)CC1CCOC1. The number of hydrogen-bond acceptors (Lipinski definition) is 4. The summed E-state index contributed by atoms with van der Waals surface area (Å²) < 4.78 is 10.8. The maximum Gasteiger partial charge on any atom is 0.193 e. The van der Waals surface area contributed by atoms with E-state index in [2.05, 4.69) is 29.1 Å².